The predicted octanol–water partition coefficient (Wildman–Crippen LogP) is 0.513. The lowest BCUT2D eigenvalue weighted by Gasteiger charge is -2.30. The number of hydrogen-bond donors (Lipinski definition) is 2. The molecule has 2 aliphatic rings. The third-order valence-electron chi connectivity index (χ3n) is 4.37. The van der Waals surface area contributed by atoms with E-state index >= 15 is 0 Å². The van der Waals surface area contributed by atoms with Gasteiger partial charge in [0.2, 0.25) is 0 Å². The van der Waals surface area contributed by atoms with Crippen LogP contribution in [0.4, 0.5) is 0 Å². The topological polar surface area (TPSA) is 55.5 Å². The molecule has 3 N–H and O–H groups in total. The molecule has 0 aromatic carbocycles. The Kier molecular flexibility index (Phi) is 1.79. The van der Waals surface area contributed by atoms with Gasteiger partial charge in [0.15, 0.2) is 0 Å². The fourth-order valence-electron chi connectivity index (χ4n) is 3.20. The minimum Gasteiger partial charge on any atom is -0.396 e. The first-order valence-electron chi connectivity index (χ1n) is 4.99. The van der Waals surface area contributed by atoms with Crippen molar-refractivity contribution >= 4 is 0 Å². The summed E-state index contributed by atoms with van der Waals surface area (Å²) in [7, 11) is 0. The highest BCUT2D eigenvalue weighted by molar-refractivity contribution is 5.23. The van der Waals surface area contributed by atoms with Crippen molar-refractivity contribution in [3.63, 3.8) is 0 Å². The summed E-state index contributed by atoms with van der Waals surface area (Å²) < 4.78 is 5.71. The quantitative estimate of drug-likeness (QED) is 0.659. The van der Waals surface area contributed by atoms with E-state index in [1.807, 2.05) is 0 Å². The van der Waals surface area contributed by atoms with Crippen LogP contribution in [0.1, 0.15) is 26.7 Å². The molecule has 2 rings (SSSR count). The third-order valence-corrected chi connectivity index (χ3v) is 4.37. The fraction of sp³-hybridized carbons (Fsp3) is 1.00. The molecule has 13 heavy (non-hydrogen) atoms. The number of nitrogens with two attached hydrogens (primary N) is 1. The van der Waals surface area contributed by atoms with Crippen molar-refractivity contribution in [2.45, 2.75) is 32.3 Å². The molecule has 1 heterocycles. The van der Waals surface area contributed by atoms with Gasteiger partial charge in [-0.1, -0.05) is 0 Å². The molecule has 76 valence electrons. The Bertz CT molecular complexity index is 223. The summed E-state index contributed by atoms with van der Waals surface area (Å²) in [6.45, 7) is 5.83. The number of aliphatic hydroxyl groups is 1. The summed E-state index contributed by atoms with van der Waals surface area (Å²) in [6.07, 6.45) is 2.08. The molecule has 0 aromatic heterocycles. The van der Waals surface area contributed by atoms with Crippen molar-refractivity contribution in [3.8, 4) is 0 Å². The van der Waals surface area contributed by atoms with Crippen LogP contribution in [0.15, 0.2) is 0 Å². The van der Waals surface area contributed by atoms with Gasteiger partial charge in [-0.15, -0.1) is 0 Å². The molecule has 0 radical (unpaired) electrons. The predicted molar refractivity (Wildman–Crippen MR) is 50.3 cm³/mol. The zero-order valence-corrected chi connectivity index (χ0v) is 8.47. The van der Waals surface area contributed by atoms with Crippen molar-refractivity contribution < 1.29 is 9.84 Å². The standard InChI is InChI=1S/C10H19NO2/c1-8(2)10(3-4-13-8)5-9(10,6-11)7-12/h12H,3-7,11H2,1-2H3. The second kappa shape index (κ2) is 2.47. The van der Waals surface area contributed by atoms with E-state index in [2.05, 4.69) is 13.8 Å². The van der Waals surface area contributed by atoms with E-state index in [4.69, 9.17) is 10.5 Å². The van der Waals surface area contributed by atoms with Gasteiger partial charge in [0.25, 0.3) is 0 Å². The Morgan fingerprint density at radius 1 is 1.46 bits per heavy atom. The number of aliphatic hydroxyl groups excluding tert-OH is 1. The molecule has 1 aliphatic carbocycles. The first kappa shape index (κ1) is 9.44. The van der Waals surface area contributed by atoms with Crippen molar-refractivity contribution in [1.82, 2.24) is 0 Å². The molecular formula is C10H19NO2. The SMILES string of the molecule is CC1(C)OCCC12CC2(CN)CO. The minimum atomic E-state index is -0.102. The normalized spacial score (nSPS) is 47.1. The van der Waals surface area contributed by atoms with Crippen LogP contribution in [0.2, 0.25) is 0 Å². The zero-order chi connectivity index (χ0) is 9.74. The van der Waals surface area contributed by atoms with Crippen molar-refractivity contribution in [2.75, 3.05) is 19.8 Å². The van der Waals surface area contributed by atoms with E-state index in [1.165, 1.54) is 0 Å². The molecular weight excluding hydrogens is 166 g/mol. The second-order valence-electron chi connectivity index (χ2n) is 5.01. The van der Waals surface area contributed by atoms with Crippen LogP contribution in [0, 0.1) is 10.8 Å². The molecule has 3 heteroatoms. The second-order valence-corrected chi connectivity index (χ2v) is 5.01. The summed E-state index contributed by atoms with van der Waals surface area (Å²) >= 11 is 0. The summed E-state index contributed by atoms with van der Waals surface area (Å²) in [4.78, 5) is 0. The maximum atomic E-state index is 9.38. The first-order valence-corrected chi connectivity index (χ1v) is 4.99. The number of rotatable bonds is 2. The van der Waals surface area contributed by atoms with Gasteiger partial charge >= 0.3 is 0 Å². The monoisotopic (exact) mass is 185 g/mol. The number of ether oxygens (including phenoxy) is 1. The van der Waals surface area contributed by atoms with Gasteiger partial charge in [-0.25, -0.2) is 0 Å². The van der Waals surface area contributed by atoms with Crippen molar-refractivity contribution in [3.05, 3.63) is 0 Å². The van der Waals surface area contributed by atoms with E-state index < -0.39 is 0 Å². The van der Waals surface area contributed by atoms with Gasteiger partial charge in [0.05, 0.1) is 12.2 Å². The zero-order valence-electron chi connectivity index (χ0n) is 8.47. The third kappa shape index (κ3) is 0.901. The highest BCUT2D eigenvalue weighted by Crippen LogP contribution is 2.73. The van der Waals surface area contributed by atoms with Crippen LogP contribution < -0.4 is 5.73 Å². The Morgan fingerprint density at radius 2 is 2.15 bits per heavy atom. The molecule has 0 amide bonds. The highest BCUT2D eigenvalue weighted by atomic mass is 16.5. The van der Waals surface area contributed by atoms with Gasteiger partial charge in [-0.3, -0.25) is 0 Å². The summed E-state index contributed by atoms with van der Waals surface area (Å²) in [5.41, 5.74) is 5.74. The molecule has 1 spiro atoms. The van der Waals surface area contributed by atoms with Crippen molar-refractivity contribution in [2.24, 2.45) is 16.6 Å². The van der Waals surface area contributed by atoms with Crippen LogP contribution in [0.3, 0.4) is 0 Å². The Morgan fingerprint density at radius 3 is 2.46 bits per heavy atom. The first-order chi connectivity index (χ1) is 6.04. The van der Waals surface area contributed by atoms with E-state index in [9.17, 15) is 5.11 Å². The summed E-state index contributed by atoms with van der Waals surface area (Å²) in [5, 5.41) is 9.38. The Hall–Kier alpha value is -0.120. The molecule has 2 fully saturated rings. The van der Waals surface area contributed by atoms with Crippen molar-refractivity contribution in [1.29, 1.82) is 0 Å². The van der Waals surface area contributed by atoms with Gasteiger partial charge in [-0.2, -0.15) is 0 Å². The van der Waals surface area contributed by atoms with E-state index in [-0.39, 0.29) is 23.0 Å². The molecule has 1 saturated heterocycles. The number of hydrogen-bond acceptors (Lipinski definition) is 3. The molecule has 0 bridgehead atoms. The van der Waals surface area contributed by atoms with Gasteiger partial charge < -0.3 is 15.6 Å². The van der Waals surface area contributed by atoms with E-state index in [0.29, 0.717) is 6.54 Å². The lowest BCUT2D eigenvalue weighted by Crippen LogP contribution is -2.38. The molecule has 1 saturated carbocycles. The molecule has 3 nitrogen and oxygen atoms in total. The van der Waals surface area contributed by atoms with Crippen LogP contribution in [0.25, 0.3) is 0 Å². The minimum absolute atomic E-state index is 0.0486. The lowest BCUT2D eigenvalue weighted by molar-refractivity contribution is -0.0150. The fourth-order valence-corrected chi connectivity index (χ4v) is 3.20. The maximum Gasteiger partial charge on any atom is 0.0690 e. The van der Waals surface area contributed by atoms with E-state index in [0.717, 1.165) is 19.4 Å². The highest BCUT2D eigenvalue weighted by Gasteiger charge is 2.74. The molecule has 1 aliphatic heterocycles. The van der Waals surface area contributed by atoms with Gasteiger partial charge in [0, 0.05) is 24.0 Å². The molecule has 0 aromatic rings. The van der Waals surface area contributed by atoms with Gasteiger partial charge in [-0.05, 0) is 26.7 Å². The van der Waals surface area contributed by atoms with Crippen LogP contribution in [0.5, 0.6) is 0 Å². The maximum absolute atomic E-state index is 9.38. The summed E-state index contributed by atoms with van der Waals surface area (Å²) in [5.74, 6) is 0. The lowest BCUT2D eigenvalue weighted by atomic mass is 9.79. The van der Waals surface area contributed by atoms with Crippen LogP contribution in [-0.2, 0) is 4.74 Å². The summed E-state index contributed by atoms with van der Waals surface area (Å²) in [6, 6.07) is 0. The average molecular weight is 185 g/mol. The van der Waals surface area contributed by atoms with Gasteiger partial charge in [0.1, 0.15) is 0 Å². The smallest absolute Gasteiger partial charge is 0.0690 e. The van der Waals surface area contributed by atoms with Crippen LogP contribution in [-0.4, -0.2) is 30.5 Å². The average Bonchev–Trinajstić information content (AvgIpc) is 2.66. The largest absolute Gasteiger partial charge is 0.396 e. The Labute approximate surface area is 79.3 Å². The van der Waals surface area contributed by atoms with E-state index in [1.54, 1.807) is 0 Å². The van der Waals surface area contributed by atoms with Crippen LogP contribution >= 0.6 is 0 Å². The Balaban J connectivity index is 2.26. The molecule has 2 atom stereocenters. The molecule has 2 unspecified atom stereocenters.